The number of methoxy groups -OCH3 is 1. The highest BCUT2D eigenvalue weighted by molar-refractivity contribution is 6.69. The number of hydrogen-bond acceptors (Lipinski definition) is 9. The van der Waals surface area contributed by atoms with Crippen LogP contribution in [0.25, 0.3) is 0 Å². The summed E-state index contributed by atoms with van der Waals surface area (Å²) in [6.07, 6.45) is 0. The zero-order chi connectivity index (χ0) is 22.2. The van der Waals surface area contributed by atoms with E-state index in [2.05, 4.69) is 19.6 Å². The Bertz CT molecular complexity index is 330. The quantitative estimate of drug-likeness (QED) is 0.150. The highest BCUT2D eigenvalue weighted by Crippen LogP contribution is 2.01. The molecule has 0 aliphatic rings. The Labute approximate surface area is 183 Å². The second kappa shape index (κ2) is 23.5. The number of hydrogen-bond donors (Lipinski definition) is 0. The molecule has 0 bridgehead atoms. The first-order chi connectivity index (χ1) is 14.6. The third-order valence-corrected chi connectivity index (χ3v) is 4.50. The van der Waals surface area contributed by atoms with E-state index in [1.165, 1.54) is 0 Å². The van der Waals surface area contributed by atoms with Gasteiger partial charge in [-0.25, -0.2) is 0 Å². The van der Waals surface area contributed by atoms with E-state index in [0.29, 0.717) is 106 Å². The van der Waals surface area contributed by atoms with Gasteiger partial charge < -0.3 is 42.3 Å². The van der Waals surface area contributed by atoms with E-state index < -0.39 is 8.32 Å². The molecule has 0 amide bonds. The SMILES string of the molecule is COCCOCCOCCOCCOCCOCCOCCOCCO[Si](C)(C)C. The van der Waals surface area contributed by atoms with Crippen LogP contribution in [0.3, 0.4) is 0 Å². The molecule has 9 nitrogen and oxygen atoms in total. The minimum absolute atomic E-state index is 0.540. The summed E-state index contributed by atoms with van der Waals surface area (Å²) in [5.41, 5.74) is 0. The van der Waals surface area contributed by atoms with Crippen molar-refractivity contribution in [2.45, 2.75) is 19.6 Å². The molecule has 0 N–H and O–H groups in total. The normalized spacial score (nSPS) is 12.0. The molecule has 0 rings (SSSR count). The maximum atomic E-state index is 5.70. The predicted octanol–water partition coefficient (Wildman–Crippen LogP) is 1.60. The van der Waals surface area contributed by atoms with E-state index in [1.54, 1.807) is 7.11 Å². The maximum absolute atomic E-state index is 5.70. The third-order valence-electron chi connectivity index (χ3n) is 3.43. The van der Waals surface area contributed by atoms with Crippen molar-refractivity contribution in [1.82, 2.24) is 0 Å². The van der Waals surface area contributed by atoms with Gasteiger partial charge in [0.25, 0.3) is 0 Å². The minimum atomic E-state index is -1.43. The first-order valence-electron chi connectivity index (χ1n) is 10.7. The minimum Gasteiger partial charge on any atom is -0.415 e. The average Bonchev–Trinajstić information content (AvgIpc) is 2.70. The second-order valence-electron chi connectivity index (χ2n) is 7.24. The fourth-order valence-electron chi connectivity index (χ4n) is 1.97. The molecule has 0 aliphatic carbocycles. The monoisotopic (exact) mass is 456 g/mol. The molecular formula is C20H44O9Si. The smallest absolute Gasteiger partial charge is 0.183 e. The maximum Gasteiger partial charge on any atom is 0.183 e. The largest absolute Gasteiger partial charge is 0.415 e. The molecule has 0 aromatic heterocycles. The summed E-state index contributed by atoms with van der Waals surface area (Å²) in [4.78, 5) is 0. The molecule has 30 heavy (non-hydrogen) atoms. The van der Waals surface area contributed by atoms with Gasteiger partial charge in [0.05, 0.1) is 106 Å². The van der Waals surface area contributed by atoms with E-state index in [1.807, 2.05) is 0 Å². The molecule has 10 heteroatoms. The van der Waals surface area contributed by atoms with Crippen molar-refractivity contribution in [2.75, 3.05) is 113 Å². The Kier molecular flexibility index (Phi) is 23.4. The highest BCUT2D eigenvalue weighted by Gasteiger charge is 2.12. The van der Waals surface area contributed by atoms with Crippen LogP contribution in [0.2, 0.25) is 19.6 Å². The van der Waals surface area contributed by atoms with E-state index >= 15 is 0 Å². The first-order valence-corrected chi connectivity index (χ1v) is 14.1. The Morgan fingerprint density at radius 3 is 0.833 bits per heavy atom. The van der Waals surface area contributed by atoms with Gasteiger partial charge in [0.1, 0.15) is 0 Å². The lowest BCUT2D eigenvalue weighted by molar-refractivity contribution is -0.0227. The molecule has 0 aliphatic heterocycles. The van der Waals surface area contributed by atoms with E-state index in [4.69, 9.17) is 42.3 Å². The van der Waals surface area contributed by atoms with Crippen LogP contribution in [0.1, 0.15) is 0 Å². The van der Waals surface area contributed by atoms with E-state index in [-0.39, 0.29) is 0 Å². The van der Waals surface area contributed by atoms with Crippen LogP contribution in [0.15, 0.2) is 0 Å². The van der Waals surface area contributed by atoms with Gasteiger partial charge in [-0.2, -0.15) is 0 Å². The average molecular weight is 457 g/mol. The van der Waals surface area contributed by atoms with Crippen molar-refractivity contribution in [2.24, 2.45) is 0 Å². The molecule has 0 fully saturated rings. The number of rotatable bonds is 25. The molecule has 182 valence electrons. The summed E-state index contributed by atoms with van der Waals surface area (Å²) in [6.45, 7) is 15.6. The molecule has 0 unspecified atom stereocenters. The topological polar surface area (TPSA) is 83.1 Å². The Hall–Kier alpha value is -0.143. The van der Waals surface area contributed by atoms with Gasteiger partial charge in [-0.15, -0.1) is 0 Å². The van der Waals surface area contributed by atoms with Crippen molar-refractivity contribution >= 4 is 8.32 Å². The molecule has 0 aromatic rings. The van der Waals surface area contributed by atoms with Crippen molar-refractivity contribution in [3.05, 3.63) is 0 Å². The highest BCUT2D eigenvalue weighted by atomic mass is 28.4. The summed E-state index contributed by atoms with van der Waals surface area (Å²) in [6, 6.07) is 0. The zero-order valence-electron chi connectivity index (χ0n) is 19.5. The molecule has 0 spiro atoms. The van der Waals surface area contributed by atoms with Crippen molar-refractivity contribution in [1.29, 1.82) is 0 Å². The van der Waals surface area contributed by atoms with Crippen LogP contribution in [0, 0.1) is 0 Å². The molecule has 0 aromatic carbocycles. The molecule has 0 saturated carbocycles. The Morgan fingerprint density at radius 1 is 0.367 bits per heavy atom. The summed E-state index contributed by atoms with van der Waals surface area (Å²) < 4.78 is 48.4. The lowest BCUT2D eigenvalue weighted by atomic mass is 10.6. The van der Waals surface area contributed by atoms with Gasteiger partial charge in [0, 0.05) is 7.11 Å². The lowest BCUT2D eigenvalue weighted by Crippen LogP contribution is -2.27. The van der Waals surface area contributed by atoms with Gasteiger partial charge in [0.15, 0.2) is 8.32 Å². The van der Waals surface area contributed by atoms with Gasteiger partial charge in [0.2, 0.25) is 0 Å². The number of ether oxygens (including phenoxy) is 8. The van der Waals surface area contributed by atoms with Crippen LogP contribution in [-0.4, -0.2) is 121 Å². The summed E-state index contributed by atoms with van der Waals surface area (Å²) >= 11 is 0. The molecule has 0 heterocycles. The van der Waals surface area contributed by atoms with Gasteiger partial charge in [-0.3, -0.25) is 0 Å². The van der Waals surface area contributed by atoms with Crippen molar-refractivity contribution in [3.8, 4) is 0 Å². The Balaban J connectivity index is 3.02. The lowest BCUT2D eigenvalue weighted by Gasteiger charge is -2.16. The van der Waals surface area contributed by atoms with Crippen LogP contribution < -0.4 is 0 Å². The molecule has 0 radical (unpaired) electrons. The van der Waals surface area contributed by atoms with Crippen molar-refractivity contribution in [3.63, 3.8) is 0 Å². The van der Waals surface area contributed by atoms with Gasteiger partial charge >= 0.3 is 0 Å². The van der Waals surface area contributed by atoms with Crippen molar-refractivity contribution < 1.29 is 42.3 Å². The van der Waals surface area contributed by atoms with Crippen LogP contribution in [-0.2, 0) is 42.3 Å². The predicted molar refractivity (Wildman–Crippen MR) is 117 cm³/mol. The third kappa shape index (κ3) is 27.9. The fraction of sp³-hybridized carbons (Fsp3) is 1.00. The van der Waals surface area contributed by atoms with Crippen LogP contribution in [0.4, 0.5) is 0 Å². The molecule has 0 atom stereocenters. The molecular weight excluding hydrogens is 412 g/mol. The van der Waals surface area contributed by atoms with E-state index in [0.717, 1.165) is 0 Å². The Morgan fingerprint density at radius 2 is 0.600 bits per heavy atom. The second-order valence-corrected chi connectivity index (χ2v) is 11.8. The standard InChI is InChI=1S/C20H44O9Si/c1-21-5-6-22-7-8-23-9-10-24-11-12-25-13-14-26-15-16-27-17-18-28-19-20-29-30(2,3)4/h5-20H2,1-4H3. The summed E-state index contributed by atoms with van der Waals surface area (Å²) in [5.74, 6) is 0. The van der Waals surface area contributed by atoms with Crippen LogP contribution >= 0.6 is 0 Å². The van der Waals surface area contributed by atoms with Crippen LogP contribution in [0.5, 0.6) is 0 Å². The van der Waals surface area contributed by atoms with E-state index in [9.17, 15) is 0 Å². The summed E-state index contributed by atoms with van der Waals surface area (Å²) in [7, 11) is 0.216. The van der Waals surface area contributed by atoms with Gasteiger partial charge in [-0.1, -0.05) is 0 Å². The molecule has 0 saturated heterocycles. The van der Waals surface area contributed by atoms with Gasteiger partial charge in [-0.05, 0) is 19.6 Å². The fourth-order valence-corrected chi connectivity index (χ4v) is 2.67. The zero-order valence-corrected chi connectivity index (χ0v) is 20.5. The first kappa shape index (κ1) is 29.9. The summed E-state index contributed by atoms with van der Waals surface area (Å²) in [5, 5.41) is 0.